The highest BCUT2D eigenvalue weighted by Gasteiger charge is 2.24. The van der Waals surface area contributed by atoms with Gasteiger partial charge < -0.3 is 14.5 Å². The molecule has 4 aromatic rings. The third kappa shape index (κ3) is 5.03. The lowest BCUT2D eigenvalue weighted by Crippen LogP contribution is -2.16. The van der Waals surface area contributed by atoms with Crippen molar-refractivity contribution in [1.29, 1.82) is 0 Å². The van der Waals surface area contributed by atoms with Crippen molar-refractivity contribution in [1.82, 2.24) is 19.7 Å². The van der Waals surface area contributed by atoms with Gasteiger partial charge in [-0.3, -0.25) is 14.7 Å². The number of hydrogen-bond donors (Lipinski definition) is 1. The highest BCUT2D eigenvalue weighted by atomic mass is 32.2. The summed E-state index contributed by atoms with van der Waals surface area (Å²) in [5.74, 6) is 1.87. The fourth-order valence-electron chi connectivity index (χ4n) is 4.31. The second-order valence-electron chi connectivity index (χ2n) is 8.80. The van der Waals surface area contributed by atoms with Gasteiger partial charge in [-0.2, -0.15) is 0 Å². The minimum Gasteiger partial charge on any atom is -0.491 e. The fourth-order valence-corrected chi connectivity index (χ4v) is 5.24. The smallest absolute Gasteiger partial charge is 0.270 e. The first-order valence-electron chi connectivity index (χ1n) is 11.7. The molecule has 0 amide bonds. The molecule has 10 heteroatoms. The maximum atomic E-state index is 11.4. The average molecular weight is 494 g/mol. The van der Waals surface area contributed by atoms with Crippen LogP contribution in [0.2, 0.25) is 0 Å². The molecule has 1 aliphatic heterocycles. The molecule has 3 heterocycles. The Morgan fingerprint density at radius 1 is 1.29 bits per heavy atom. The molecule has 2 aromatic heterocycles. The van der Waals surface area contributed by atoms with Gasteiger partial charge in [0.1, 0.15) is 5.75 Å². The predicted molar refractivity (Wildman–Crippen MR) is 135 cm³/mol. The van der Waals surface area contributed by atoms with E-state index in [9.17, 15) is 10.1 Å². The molecule has 0 spiro atoms. The minimum absolute atomic E-state index is 0.0389. The summed E-state index contributed by atoms with van der Waals surface area (Å²) >= 11 is 1.49. The fraction of sp³-hybridized carbons (Fsp3) is 0.360. The second kappa shape index (κ2) is 10.1. The first-order chi connectivity index (χ1) is 17.0. The second-order valence-corrected chi connectivity index (χ2v) is 9.75. The van der Waals surface area contributed by atoms with Crippen LogP contribution in [0.5, 0.6) is 5.75 Å². The molecule has 35 heavy (non-hydrogen) atoms. The molecule has 182 valence electrons. The molecule has 1 N–H and O–H groups in total. The molecule has 1 fully saturated rings. The van der Waals surface area contributed by atoms with Gasteiger partial charge in [0.25, 0.3) is 5.69 Å². The summed E-state index contributed by atoms with van der Waals surface area (Å²) in [5, 5.41) is 22.3. The molecule has 0 bridgehead atoms. The van der Waals surface area contributed by atoms with Crippen molar-refractivity contribution in [3.8, 4) is 17.1 Å². The summed E-state index contributed by atoms with van der Waals surface area (Å²) in [7, 11) is 0. The maximum Gasteiger partial charge on any atom is 0.270 e. The number of para-hydroxylation sites is 1. The number of H-pyrrole nitrogens is 1. The Kier molecular flexibility index (Phi) is 6.74. The Morgan fingerprint density at radius 3 is 2.91 bits per heavy atom. The summed E-state index contributed by atoms with van der Waals surface area (Å²) < 4.78 is 13.9. The summed E-state index contributed by atoms with van der Waals surface area (Å²) in [6.07, 6.45) is 4.06. The van der Waals surface area contributed by atoms with Gasteiger partial charge in [0.05, 0.1) is 23.7 Å². The van der Waals surface area contributed by atoms with E-state index in [-0.39, 0.29) is 22.8 Å². The van der Waals surface area contributed by atoms with Crippen LogP contribution in [0.25, 0.3) is 22.3 Å². The van der Waals surface area contributed by atoms with E-state index in [0.29, 0.717) is 18.0 Å². The van der Waals surface area contributed by atoms with Crippen LogP contribution in [0.1, 0.15) is 32.3 Å². The number of thioether (sulfide) groups is 1. The molecule has 1 saturated heterocycles. The van der Waals surface area contributed by atoms with Gasteiger partial charge in [0.15, 0.2) is 11.0 Å². The van der Waals surface area contributed by atoms with Crippen LogP contribution in [-0.2, 0) is 17.0 Å². The lowest BCUT2D eigenvalue weighted by molar-refractivity contribution is -0.384. The molecule has 1 atom stereocenters. The van der Waals surface area contributed by atoms with E-state index in [2.05, 4.69) is 25.8 Å². The van der Waals surface area contributed by atoms with Crippen molar-refractivity contribution >= 4 is 28.4 Å². The number of nitrogens with one attached hydrogen (secondary N) is 1. The number of ether oxygens (including phenoxy) is 2. The van der Waals surface area contributed by atoms with Crippen LogP contribution in [0.3, 0.4) is 0 Å². The number of aromatic amines is 1. The number of non-ortho nitro benzene ring substituents is 1. The van der Waals surface area contributed by atoms with Crippen LogP contribution >= 0.6 is 11.8 Å². The molecule has 0 aliphatic carbocycles. The van der Waals surface area contributed by atoms with E-state index in [1.54, 1.807) is 12.1 Å². The summed E-state index contributed by atoms with van der Waals surface area (Å²) in [6.45, 7) is 5.28. The topological polar surface area (TPSA) is 108 Å². The number of rotatable bonds is 9. The van der Waals surface area contributed by atoms with Gasteiger partial charge in [0, 0.05) is 52.7 Å². The summed E-state index contributed by atoms with van der Waals surface area (Å²) in [5.41, 5.74) is 2.81. The Hall–Kier alpha value is -3.37. The molecular formula is C25H27N5O4S. The molecule has 5 rings (SSSR count). The Morgan fingerprint density at radius 2 is 2.14 bits per heavy atom. The zero-order chi connectivity index (χ0) is 24.4. The molecule has 0 radical (unpaired) electrons. The number of nitro benzene ring substituents is 1. The normalized spacial score (nSPS) is 15.8. The molecule has 9 nitrogen and oxygen atoms in total. The van der Waals surface area contributed by atoms with E-state index in [0.717, 1.165) is 52.5 Å². The quantitative estimate of drug-likeness (QED) is 0.184. The maximum absolute atomic E-state index is 11.4. The Balaban J connectivity index is 1.48. The van der Waals surface area contributed by atoms with E-state index in [1.165, 1.54) is 17.8 Å². The molecule has 2 aromatic carbocycles. The molecule has 1 aliphatic rings. The van der Waals surface area contributed by atoms with Crippen LogP contribution in [0.4, 0.5) is 5.69 Å². The van der Waals surface area contributed by atoms with Crippen molar-refractivity contribution in [2.45, 2.75) is 56.4 Å². The largest absolute Gasteiger partial charge is 0.491 e. The Labute approximate surface area is 207 Å². The third-order valence-corrected chi connectivity index (χ3v) is 6.95. The number of nitro groups is 1. The van der Waals surface area contributed by atoms with Crippen molar-refractivity contribution in [3.63, 3.8) is 0 Å². The minimum atomic E-state index is -0.387. The van der Waals surface area contributed by atoms with Crippen molar-refractivity contribution in [2.24, 2.45) is 0 Å². The van der Waals surface area contributed by atoms with Crippen LogP contribution in [0.15, 0.2) is 53.8 Å². The van der Waals surface area contributed by atoms with Crippen LogP contribution in [-0.4, -0.2) is 43.5 Å². The number of nitrogens with zero attached hydrogens (tertiary/aromatic N) is 4. The zero-order valence-corrected chi connectivity index (χ0v) is 20.5. The number of benzene rings is 2. The van der Waals surface area contributed by atoms with Crippen molar-refractivity contribution in [3.05, 3.63) is 64.3 Å². The highest BCUT2D eigenvalue weighted by Crippen LogP contribution is 2.34. The first kappa shape index (κ1) is 23.4. The van der Waals surface area contributed by atoms with E-state index in [4.69, 9.17) is 9.47 Å². The lowest BCUT2D eigenvalue weighted by atomic mass is 10.1. The van der Waals surface area contributed by atoms with Crippen molar-refractivity contribution in [2.75, 3.05) is 6.61 Å². The van der Waals surface area contributed by atoms with Gasteiger partial charge in [0.2, 0.25) is 0 Å². The van der Waals surface area contributed by atoms with Crippen LogP contribution < -0.4 is 4.74 Å². The predicted octanol–water partition coefficient (Wildman–Crippen LogP) is 5.59. The zero-order valence-electron chi connectivity index (χ0n) is 19.6. The van der Waals surface area contributed by atoms with E-state index in [1.807, 2.05) is 38.2 Å². The monoisotopic (exact) mass is 493 g/mol. The molecule has 0 saturated carbocycles. The van der Waals surface area contributed by atoms with Gasteiger partial charge in [-0.05, 0) is 38.8 Å². The number of aromatic nitrogens is 4. The lowest BCUT2D eigenvalue weighted by Gasteiger charge is -2.16. The van der Waals surface area contributed by atoms with Crippen molar-refractivity contribution < 1.29 is 14.4 Å². The highest BCUT2D eigenvalue weighted by molar-refractivity contribution is 7.98. The molecule has 1 unspecified atom stereocenters. The van der Waals surface area contributed by atoms with E-state index >= 15 is 0 Å². The molecular weight excluding hydrogens is 466 g/mol. The summed E-state index contributed by atoms with van der Waals surface area (Å²) in [4.78, 5) is 14.3. The number of hydrogen-bond acceptors (Lipinski definition) is 7. The van der Waals surface area contributed by atoms with Crippen LogP contribution in [0, 0.1) is 10.1 Å². The van der Waals surface area contributed by atoms with Gasteiger partial charge in [-0.15, -0.1) is 10.2 Å². The third-order valence-electron chi connectivity index (χ3n) is 5.93. The summed E-state index contributed by atoms with van der Waals surface area (Å²) in [6, 6.07) is 12.8. The average Bonchev–Trinajstić information content (AvgIpc) is 3.58. The van der Waals surface area contributed by atoms with Gasteiger partial charge in [-0.25, -0.2) is 0 Å². The standard InChI is InChI=1S/C25H27N5O4S/c1-16(2)34-23-10-9-18(30(31)32)12-17(23)15-35-25-28-27-24(29(25)14-19-6-5-11-33-19)21-13-26-22-8-4-3-7-20(21)22/h3-4,7-10,12-13,16,19,26H,5-6,11,14-15H2,1-2H3. The number of fused-ring (bicyclic) bond motifs is 1. The first-order valence-corrected chi connectivity index (χ1v) is 12.7. The Bertz CT molecular complexity index is 1340. The van der Waals surface area contributed by atoms with E-state index < -0.39 is 0 Å². The van der Waals surface area contributed by atoms with Gasteiger partial charge >= 0.3 is 0 Å². The SMILES string of the molecule is CC(C)Oc1ccc([N+](=O)[O-])cc1CSc1nnc(-c2c[nH]c3ccccc23)n1CC1CCCO1. The van der Waals surface area contributed by atoms with Gasteiger partial charge in [-0.1, -0.05) is 30.0 Å².